The van der Waals surface area contributed by atoms with Crippen molar-refractivity contribution in [1.29, 1.82) is 0 Å². The summed E-state index contributed by atoms with van der Waals surface area (Å²) in [6.07, 6.45) is 0.219. The molecule has 7 nitrogen and oxygen atoms in total. The van der Waals surface area contributed by atoms with E-state index < -0.39 is 34.3 Å². The van der Waals surface area contributed by atoms with Gasteiger partial charge in [0.15, 0.2) is 0 Å². The molecule has 0 heterocycles. The van der Waals surface area contributed by atoms with Gasteiger partial charge in [0.2, 0.25) is 5.82 Å². The average Bonchev–Trinajstić information content (AvgIpc) is 2.36. The van der Waals surface area contributed by atoms with Crippen LogP contribution in [0, 0.1) is 21.8 Å². The third kappa shape index (κ3) is 4.51. The number of carboxylic acid groups (broad SMARTS) is 1. The number of halogens is 1. The SMILES string of the molecule is CC(C)C[C@@H](NC(=O)c1ccc([N+](=O)[O-])c(F)c1)C(=O)O. The highest BCUT2D eigenvalue weighted by Gasteiger charge is 2.23. The Hall–Kier alpha value is -2.51. The fourth-order valence-corrected chi connectivity index (χ4v) is 1.73. The highest BCUT2D eigenvalue weighted by Crippen LogP contribution is 2.18. The summed E-state index contributed by atoms with van der Waals surface area (Å²) in [4.78, 5) is 32.5. The van der Waals surface area contributed by atoms with Crippen molar-refractivity contribution >= 4 is 17.6 Å². The zero-order valence-corrected chi connectivity index (χ0v) is 11.5. The summed E-state index contributed by atoms with van der Waals surface area (Å²) in [5.74, 6) is -3.10. The van der Waals surface area contributed by atoms with Gasteiger partial charge in [0.05, 0.1) is 4.92 Å². The summed E-state index contributed by atoms with van der Waals surface area (Å²) >= 11 is 0. The second kappa shape index (κ2) is 6.78. The van der Waals surface area contributed by atoms with Gasteiger partial charge >= 0.3 is 11.7 Å². The molecule has 1 atom stereocenters. The van der Waals surface area contributed by atoms with Crippen LogP contribution in [0.3, 0.4) is 0 Å². The Labute approximate surface area is 119 Å². The molecule has 1 rings (SSSR count). The van der Waals surface area contributed by atoms with Crippen LogP contribution in [-0.4, -0.2) is 27.9 Å². The Morgan fingerprint density at radius 3 is 2.48 bits per heavy atom. The lowest BCUT2D eigenvalue weighted by Gasteiger charge is -2.16. The van der Waals surface area contributed by atoms with Gasteiger partial charge in [-0.3, -0.25) is 14.9 Å². The lowest BCUT2D eigenvalue weighted by atomic mass is 10.0. The summed E-state index contributed by atoms with van der Waals surface area (Å²) in [5.41, 5.74) is -0.920. The number of nitrogens with zero attached hydrogens (tertiary/aromatic N) is 1. The van der Waals surface area contributed by atoms with Gasteiger partial charge in [0, 0.05) is 11.6 Å². The number of nitro groups is 1. The molecule has 1 aromatic carbocycles. The molecule has 0 saturated carbocycles. The number of nitro benzene ring substituents is 1. The van der Waals surface area contributed by atoms with Crippen molar-refractivity contribution in [3.8, 4) is 0 Å². The Bertz CT molecular complexity index is 574. The first-order valence-electron chi connectivity index (χ1n) is 6.20. The van der Waals surface area contributed by atoms with Gasteiger partial charge in [-0.25, -0.2) is 4.79 Å². The number of hydrogen-bond donors (Lipinski definition) is 2. The van der Waals surface area contributed by atoms with Crippen LogP contribution in [-0.2, 0) is 4.79 Å². The van der Waals surface area contributed by atoms with E-state index in [2.05, 4.69) is 5.32 Å². The lowest BCUT2D eigenvalue weighted by Crippen LogP contribution is -2.41. The number of nitrogens with one attached hydrogen (secondary N) is 1. The van der Waals surface area contributed by atoms with E-state index in [1.165, 1.54) is 0 Å². The van der Waals surface area contributed by atoms with Gasteiger partial charge in [0.1, 0.15) is 6.04 Å². The molecule has 0 spiro atoms. The quantitative estimate of drug-likeness (QED) is 0.616. The number of rotatable bonds is 6. The van der Waals surface area contributed by atoms with Gasteiger partial charge in [-0.05, 0) is 24.5 Å². The topological polar surface area (TPSA) is 110 Å². The van der Waals surface area contributed by atoms with Crippen molar-refractivity contribution < 1.29 is 24.0 Å². The normalized spacial score (nSPS) is 12.0. The Morgan fingerprint density at radius 1 is 1.43 bits per heavy atom. The third-order valence-electron chi connectivity index (χ3n) is 2.72. The number of benzene rings is 1. The molecule has 0 unspecified atom stereocenters. The Balaban J connectivity index is 2.90. The Kier molecular flexibility index (Phi) is 5.34. The monoisotopic (exact) mass is 298 g/mol. The van der Waals surface area contributed by atoms with Gasteiger partial charge in [-0.15, -0.1) is 0 Å². The number of carbonyl (C=O) groups excluding carboxylic acids is 1. The highest BCUT2D eigenvalue weighted by atomic mass is 19.1. The Morgan fingerprint density at radius 2 is 2.05 bits per heavy atom. The second-order valence-electron chi connectivity index (χ2n) is 4.92. The molecule has 8 heteroatoms. The van der Waals surface area contributed by atoms with Crippen LogP contribution in [0.1, 0.15) is 30.6 Å². The largest absolute Gasteiger partial charge is 0.480 e. The standard InChI is InChI=1S/C13H15FN2O5/c1-7(2)5-10(13(18)19)15-12(17)8-3-4-11(16(20)21)9(14)6-8/h3-4,6-7,10H,5H2,1-2H3,(H,15,17)(H,18,19)/t10-/m1/s1. The van der Waals surface area contributed by atoms with Crippen molar-refractivity contribution in [2.45, 2.75) is 26.3 Å². The number of amides is 1. The van der Waals surface area contributed by atoms with Crippen molar-refractivity contribution in [2.24, 2.45) is 5.92 Å². The average molecular weight is 298 g/mol. The minimum atomic E-state index is -1.19. The summed E-state index contributed by atoms with van der Waals surface area (Å²) in [6, 6.07) is 1.55. The molecular weight excluding hydrogens is 283 g/mol. The van der Waals surface area contributed by atoms with Crippen LogP contribution in [0.4, 0.5) is 10.1 Å². The van der Waals surface area contributed by atoms with Crippen LogP contribution in [0.25, 0.3) is 0 Å². The number of hydrogen-bond acceptors (Lipinski definition) is 4. The molecule has 21 heavy (non-hydrogen) atoms. The van der Waals surface area contributed by atoms with Crippen LogP contribution >= 0.6 is 0 Å². The maximum absolute atomic E-state index is 13.4. The van der Waals surface area contributed by atoms with E-state index in [4.69, 9.17) is 5.11 Å². The van der Waals surface area contributed by atoms with Crippen molar-refractivity contribution in [3.63, 3.8) is 0 Å². The number of carbonyl (C=O) groups is 2. The van der Waals surface area contributed by atoms with Crippen LogP contribution in [0.2, 0.25) is 0 Å². The van der Waals surface area contributed by atoms with E-state index in [1.807, 2.05) is 0 Å². The molecule has 1 amide bonds. The zero-order chi connectivity index (χ0) is 16.2. The van der Waals surface area contributed by atoms with Crippen LogP contribution in [0.15, 0.2) is 18.2 Å². The van der Waals surface area contributed by atoms with E-state index in [0.29, 0.717) is 6.07 Å². The second-order valence-corrected chi connectivity index (χ2v) is 4.92. The number of aliphatic carboxylic acids is 1. The molecule has 114 valence electrons. The molecular formula is C13H15FN2O5. The van der Waals surface area contributed by atoms with Crippen molar-refractivity contribution in [2.75, 3.05) is 0 Å². The summed E-state index contributed by atoms with van der Waals surface area (Å²) < 4.78 is 13.4. The molecule has 0 aliphatic heterocycles. The van der Waals surface area contributed by atoms with E-state index in [0.717, 1.165) is 12.1 Å². The molecule has 0 saturated heterocycles. The first-order valence-corrected chi connectivity index (χ1v) is 6.20. The molecule has 0 radical (unpaired) electrons. The van der Waals surface area contributed by atoms with Crippen LogP contribution < -0.4 is 5.32 Å². The van der Waals surface area contributed by atoms with Gasteiger partial charge < -0.3 is 10.4 Å². The maximum Gasteiger partial charge on any atom is 0.326 e. The summed E-state index contributed by atoms with van der Waals surface area (Å²) in [6.45, 7) is 3.60. The zero-order valence-electron chi connectivity index (χ0n) is 11.5. The molecule has 2 N–H and O–H groups in total. The minimum Gasteiger partial charge on any atom is -0.480 e. The summed E-state index contributed by atoms with van der Waals surface area (Å²) in [5, 5.41) is 21.8. The molecule has 0 aliphatic carbocycles. The molecule has 0 aliphatic rings. The number of carboxylic acids is 1. The fourth-order valence-electron chi connectivity index (χ4n) is 1.73. The van der Waals surface area contributed by atoms with E-state index >= 15 is 0 Å². The molecule has 0 fully saturated rings. The van der Waals surface area contributed by atoms with Crippen LogP contribution in [0.5, 0.6) is 0 Å². The fraction of sp³-hybridized carbons (Fsp3) is 0.385. The highest BCUT2D eigenvalue weighted by molar-refractivity contribution is 5.96. The summed E-state index contributed by atoms with van der Waals surface area (Å²) in [7, 11) is 0. The van der Waals surface area contributed by atoms with E-state index in [9.17, 15) is 24.1 Å². The maximum atomic E-state index is 13.4. The minimum absolute atomic E-state index is 0.0417. The predicted molar refractivity (Wildman–Crippen MR) is 71.4 cm³/mol. The first kappa shape index (κ1) is 16.5. The van der Waals surface area contributed by atoms with Crippen molar-refractivity contribution in [3.05, 3.63) is 39.7 Å². The predicted octanol–water partition coefficient (Wildman–Crippen LogP) is 1.96. The molecule has 0 bridgehead atoms. The van der Waals surface area contributed by atoms with Gasteiger partial charge in [0.25, 0.3) is 5.91 Å². The van der Waals surface area contributed by atoms with E-state index in [-0.39, 0.29) is 17.9 Å². The van der Waals surface area contributed by atoms with Gasteiger partial charge in [-0.2, -0.15) is 4.39 Å². The first-order chi connectivity index (χ1) is 9.72. The van der Waals surface area contributed by atoms with Crippen molar-refractivity contribution in [1.82, 2.24) is 5.32 Å². The molecule has 1 aromatic rings. The van der Waals surface area contributed by atoms with Gasteiger partial charge in [-0.1, -0.05) is 13.8 Å². The third-order valence-corrected chi connectivity index (χ3v) is 2.72. The lowest BCUT2D eigenvalue weighted by molar-refractivity contribution is -0.387. The smallest absolute Gasteiger partial charge is 0.326 e. The van der Waals surface area contributed by atoms with E-state index in [1.54, 1.807) is 13.8 Å². The molecule has 0 aromatic heterocycles.